The van der Waals surface area contributed by atoms with E-state index in [-0.39, 0.29) is 0 Å². The molecule has 0 spiro atoms. The molecule has 0 radical (unpaired) electrons. The summed E-state index contributed by atoms with van der Waals surface area (Å²) in [6.07, 6.45) is 4.07. The van der Waals surface area contributed by atoms with E-state index < -0.39 is 0 Å². The summed E-state index contributed by atoms with van der Waals surface area (Å²) in [5.74, 6) is 0. The molecule has 2 rings (SSSR count). The van der Waals surface area contributed by atoms with Gasteiger partial charge in [-0.2, -0.15) is 0 Å². The fraction of sp³-hybridized carbons (Fsp3) is 0.600. The highest BCUT2D eigenvalue weighted by atomic mass is 35.5. The molecule has 1 aromatic carbocycles. The Bertz CT molecular complexity index is 403. The second kappa shape index (κ2) is 7.49. The van der Waals surface area contributed by atoms with Crippen molar-refractivity contribution in [2.45, 2.75) is 38.8 Å². The molecule has 0 saturated carbocycles. The summed E-state index contributed by atoms with van der Waals surface area (Å²) >= 11 is 12.2. The highest BCUT2D eigenvalue weighted by Gasteiger charge is 2.13. The Morgan fingerprint density at radius 1 is 1.21 bits per heavy atom. The Morgan fingerprint density at radius 3 is 2.68 bits per heavy atom. The number of nitrogens with one attached hydrogen (secondary N) is 1. The zero-order chi connectivity index (χ0) is 13.7. The van der Waals surface area contributed by atoms with Gasteiger partial charge in [-0.1, -0.05) is 29.6 Å². The maximum absolute atomic E-state index is 6.16. The second-order valence-electron chi connectivity index (χ2n) is 5.38. The van der Waals surface area contributed by atoms with Crippen molar-refractivity contribution in [2.75, 3.05) is 19.6 Å². The predicted molar refractivity (Wildman–Crippen MR) is 83.1 cm³/mol. The number of likely N-dealkylation sites (tertiary alicyclic amines) is 1. The molecular weight excluding hydrogens is 279 g/mol. The van der Waals surface area contributed by atoms with Crippen LogP contribution in [0.5, 0.6) is 0 Å². The van der Waals surface area contributed by atoms with Gasteiger partial charge >= 0.3 is 0 Å². The predicted octanol–water partition coefficient (Wildman–Crippen LogP) is 3.96. The van der Waals surface area contributed by atoms with Crippen LogP contribution in [-0.4, -0.2) is 30.6 Å². The van der Waals surface area contributed by atoms with Crippen molar-refractivity contribution in [1.82, 2.24) is 10.2 Å². The van der Waals surface area contributed by atoms with Crippen LogP contribution in [0.2, 0.25) is 10.0 Å². The fourth-order valence-electron chi connectivity index (χ4n) is 2.56. The van der Waals surface area contributed by atoms with Crippen LogP contribution in [0.1, 0.15) is 31.7 Å². The van der Waals surface area contributed by atoms with Gasteiger partial charge in [0.05, 0.1) is 0 Å². The smallest absolute Gasteiger partial charge is 0.0451 e. The van der Waals surface area contributed by atoms with Crippen LogP contribution in [0, 0.1) is 0 Å². The van der Waals surface area contributed by atoms with E-state index in [1.165, 1.54) is 32.4 Å². The standard InChI is InChI=1S/C15H22Cl2N2/c1-12(11-19-7-3-2-4-8-19)18-10-13-9-14(16)5-6-15(13)17/h5-6,9,12,18H,2-4,7-8,10-11H2,1H3. The minimum atomic E-state index is 0.466. The molecule has 4 heteroatoms. The Kier molecular flexibility index (Phi) is 5.96. The van der Waals surface area contributed by atoms with Crippen molar-refractivity contribution < 1.29 is 0 Å². The minimum absolute atomic E-state index is 0.466. The number of hydrogen-bond donors (Lipinski definition) is 1. The minimum Gasteiger partial charge on any atom is -0.309 e. The third-order valence-corrected chi connectivity index (χ3v) is 4.23. The number of rotatable bonds is 5. The Hall–Kier alpha value is -0.280. The molecule has 19 heavy (non-hydrogen) atoms. The maximum atomic E-state index is 6.16. The van der Waals surface area contributed by atoms with Gasteiger partial charge in [-0.25, -0.2) is 0 Å². The average molecular weight is 301 g/mol. The van der Waals surface area contributed by atoms with Gasteiger partial charge < -0.3 is 10.2 Å². The monoisotopic (exact) mass is 300 g/mol. The summed E-state index contributed by atoms with van der Waals surface area (Å²) in [6.45, 7) is 6.59. The molecule has 106 valence electrons. The van der Waals surface area contributed by atoms with E-state index in [0.717, 1.165) is 28.7 Å². The Labute approximate surface area is 126 Å². The average Bonchev–Trinajstić information content (AvgIpc) is 2.41. The van der Waals surface area contributed by atoms with Crippen LogP contribution in [0.4, 0.5) is 0 Å². The first kappa shape index (κ1) is 15.1. The summed E-state index contributed by atoms with van der Waals surface area (Å²) in [4.78, 5) is 2.54. The molecule has 1 fully saturated rings. The van der Waals surface area contributed by atoms with E-state index >= 15 is 0 Å². The van der Waals surface area contributed by atoms with Crippen molar-refractivity contribution in [2.24, 2.45) is 0 Å². The summed E-state index contributed by atoms with van der Waals surface area (Å²) in [7, 11) is 0. The highest BCUT2D eigenvalue weighted by Crippen LogP contribution is 2.20. The van der Waals surface area contributed by atoms with E-state index in [1.807, 2.05) is 18.2 Å². The van der Waals surface area contributed by atoms with Crippen LogP contribution >= 0.6 is 23.2 Å². The molecule has 0 amide bonds. The molecule has 1 heterocycles. The molecule has 1 saturated heterocycles. The number of halogens is 2. The molecule has 0 aliphatic carbocycles. The normalized spacial score (nSPS) is 18.5. The molecule has 0 aromatic heterocycles. The van der Waals surface area contributed by atoms with Crippen molar-refractivity contribution in [3.8, 4) is 0 Å². The number of benzene rings is 1. The molecule has 1 aliphatic heterocycles. The SMILES string of the molecule is CC(CN1CCCCC1)NCc1cc(Cl)ccc1Cl. The van der Waals surface area contributed by atoms with Crippen LogP contribution < -0.4 is 5.32 Å². The van der Waals surface area contributed by atoms with Gasteiger partial charge in [0.2, 0.25) is 0 Å². The third kappa shape index (κ3) is 4.96. The first-order valence-electron chi connectivity index (χ1n) is 7.05. The van der Waals surface area contributed by atoms with Gasteiger partial charge in [-0.05, 0) is 56.6 Å². The lowest BCUT2D eigenvalue weighted by Gasteiger charge is -2.29. The van der Waals surface area contributed by atoms with E-state index in [4.69, 9.17) is 23.2 Å². The first-order chi connectivity index (χ1) is 9.15. The highest BCUT2D eigenvalue weighted by molar-refractivity contribution is 6.33. The largest absolute Gasteiger partial charge is 0.309 e. The molecule has 1 unspecified atom stereocenters. The summed E-state index contributed by atoms with van der Waals surface area (Å²) < 4.78 is 0. The lowest BCUT2D eigenvalue weighted by atomic mass is 10.1. The quantitative estimate of drug-likeness (QED) is 0.885. The van der Waals surface area contributed by atoms with Crippen LogP contribution in [-0.2, 0) is 6.54 Å². The van der Waals surface area contributed by atoms with E-state index in [1.54, 1.807) is 0 Å². The lowest BCUT2D eigenvalue weighted by Crippen LogP contribution is -2.41. The van der Waals surface area contributed by atoms with Crippen LogP contribution in [0.25, 0.3) is 0 Å². The summed E-state index contributed by atoms with van der Waals surface area (Å²) in [6, 6.07) is 6.08. The molecule has 1 N–H and O–H groups in total. The van der Waals surface area contributed by atoms with Crippen molar-refractivity contribution >= 4 is 23.2 Å². The fourth-order valence-corrected chi connectivity index (χ4v) is 2.94. The molecule has 1 aliphatic rings. The van der Waals surface area contributed by atoms with Gasteiger partial charge in [0.25, 0.3) is 0 Å². The van der Waals surface area contributed by atoms with Gasteiger partial charge in [-0.3, -0.25) is 0 Å². The van der Waals surface area contributed by atoms with Crippen LogP contribution in [0.3, 0.4) is 0 Å². The van der Waals surface area contributed by atoms with E-state index in [0.29, 0.717) is 6.04 Å². The van der Waals surface area contributed by atoms with Crippen LogP contribution in [0.15, 0.2) is 18.2 Å². The Morgan fingerprint density at radius 2 is 1.95 bits per heavy atom. The zero-order valence-corrected chi connectivity index (χ0v) is 13.0. The lowest BCUT2D eigenvalue weighted by molar-refractivity contribution is 0.209. The molecular formula is C15H22Cl2N2. The molecule has 0 bridgehead atoms. The molecule has 2 nitrogen and oxygen atoms in total. The molecule has 1 atom stereocenters. The van der Waals surface area contributed by atoms with Gasteiger partial charge in [-0.15, -0.1) is 0 Å². The Balaban J connectivity index is 1.79. The number of hydrogen-bond acceptors (Lipinski definition) is 2. The third-order valence-electron chi connectivity index (χ3n) is 3.63. The number of piperidine rings is 1. The zero-order valence-electron chi connectivity index (χ0n) is 11.5. The van der Waals surface area contributed by atoms with E-state index in [2.05, 4.69) is 17.1 Å². The summed E-state index contributed by atoms with van der Waals surface area (Å²) in [5.41, 5.74) is 1.07. The number of nitrogens with zero attached hydrogens (tertiary/aromatic N) is 1. The van der Waals surface area contributed by atoms with Gasteiger partial charge in [0.1, 0.15) is 0 Å². The summed E-state index contributed by atoms with van der Waals surface area (Å²) in [5, 5.41) is 5.05. The molecule has 1 aromatic rings. The van der Waals surface area contributed by atoms with Crippen molar-refractivity contribution in [3.05, 3.63) is 33.8 Å². The first-order valence-corrected chi connectivity index (χ1v) is 7.80. The van der Waals surface area contributed by atoms with Gasteiger partial charge in [0.15, 0.2) is 0 Å². The maximum Gasteiger partial charge on any atom is 0.0451 e. The van der Waals surface area contributed by atoms with E-state index in [9.17, 15) is 0 Å². The second-order valence-corrected chi connectivity index (χ2v) is 6.22. The van der Waals surface area contributed by atoms with Crippen molar-refractivity contribution in [3.63, 3.8) is 0 Å². The van der Waals surface area contributed by atoms with Crippen molar-refractivity contribution in [1.29, 1.82) is 0 Å². The van der Waals surface area contributed by atoms with Gasteiger partial charge in [0, 0.05) is 29.2 Å². The topological polar surface area (TPSA) is 15.3 Å².